The van der Waals surface area contributed by atoms with Crippen molar-refractivity contribution in [1.82, 2.24) is 29.8 Å². The fraction of sp³-hybridized carbons (Fsp3) is 0.176. The van der Waals surface area contributed by atoms with Crippen LogP contribution in [0.3, 0.4) is 0 Å². The van der Waals surface area contributed by atoms with Crippen molar-refractivity contribution in [3.8, 4) is 11.5 Å². The van der Waals surface area contributed by atoms with Gasteiger partial charge in [0.05, 0.1) is 4.92 Å². The van der Waals surface area contributed by atoms with E-state index < -0.39 is 10.9 Å². The van der Waals surface area contributed by atoms with Gasteiger partial charge in [0, 0.05) is 29.1 Å². The summed E-state index contributed by atoms with van der Waals surface area (Å²) in [5.74, 6) is -0.399. The van der Waals surface area contributed by atoms with Gasteiger partial charge in [-0.25, -0.2) is 14.3 Å². The number of hydrogen-bond acceptors (Lipinski definition) is 10. The maximum absolute atomic E-state index is 12.2. The molecule has 3 aromatic heterocycles. The van der Waals surface area contributed by atoms with Crippen LogP contribution in [0.1, 0.15) is 27.9 Å². The van der Waals surface area contributed by atoms with E-state index in [2.05, 4.69) is 25.3 Å². The van der Waals surface area contributed by atoms with Crippen LogP contribution in [-0.4, -0.2) is 40.7 Å². The number of rotatable bonds is 5. The number of aryl methyl sites for hydroxylation is 2. The molecule has 0 aliphatic heterocycles. The number of carbonyl (C=O) groups excluding carboxylic acids is 1. The molecule has 1 aromatic carbocycles. The quantitative estimate of drug-likeness (QED) is 0.279. The topological polar surface area (TPSA) is 151 Å². The minimum absolute atomic E-state index is 0.0534. The predicted octanol–water partition coefficient (Wildman–Crippen LogP) is 2.06. The number of ether oxygens (including phenoxy) is 1. The maximum Gasteiger partial charge on any atom is 0.378 e. The van der Waals surface area contributed by atoms with Crippen LogP contribution in [-0.2, 0) is 11.3 Å². The van der Waals surface area contributed by atoms with E-state index in [1.54, 1.807) is 0 Å². The van der Waals surface area contributed by atoms with Crippen LogP contribution >= 0.6 is 0 Å². The molecule has 0 aliphatic rings. The number of aromatic nitrogens is 6. The molecule has 0 N–H and O–H groups in total. The van der Waals surface area contributed by atoms with E-state index in [1.807, 2.05) is 19.9 Å². The van der Waals surface area contributed by atoms with E-state index in [0.29, 0.717) is 11.3 Å². The largest absolute Gasteiger partial charge is 0.450 e. The van der Waals surface area contributed by atoms with Crippen molar-refractivity contribution in [2.75, 3.05) is 0 Å². The number of hydrogen-bond donors (Lipinski definition) is 0. The van der Waals surface area contributed by atoms with Crippen molar-refractivity contribution in [3.63, 3.8) is 0 Å². The molecule has 12 nitrogen and oxygen atoms in total. The van der Waals surface area contributed by atoms with Crippen molar-refractivity contribution < 1.29 is 18.9 Å². The number of nitro groups is 1. The molecule has 146 valence electrons. The summed E-state index contributed by atoms with van der Waals surface area (Å²) in [6.07, 6.45) is 0. The minimum Gasteiger partial charge on any atom is -0.450 e. The Labute approximate surface area is 162 Å². The van der Waals surface area contributed by atoms with Crippen molar-refractivity contribution in [3.05, 3.63) is 63.5 Å². The summed E-state index contributed by atoms with van der Waals surface area (Å²) >= 11 is 0. The first-order chi connectivity index (χ1) is 13.9. The monoisotopic (exact) mass is 395 g/mol. The average molecular weight is 395 g/mol. The smallest absolute Gasteiger partial charge is 0.378 e. The summed E-state index contributed by atoms with van der Waals surface area (Å²) in [5, 5.41) is 22.4. The molecular weight excluding hydrogens is 382 g/mol. The van der Waals surface area contributed by atoms with Crippen molar-refractivity contribution in [2.45, 2.75) is 20.5 Å². The Morgan fingerprint density at radius 1 is 1.21 bits per heavy atom. The van der Waals surface area contributed by atoms with Gasteiger partial charge >= 0.3 is 5.97 Å². The number of non-ortho nitro benzene ring substituents is 1. The van der Waals surface area contributed by atoms with Gasteiger partial charge in [0.25, 0.3) is 23.2 Å². The van der Waals surface area contributed by atoms with E-state index >= 15 is 0 Å². The van der Waals surface area contributed by atoms with Gasteiger partial charge in [0.1, 0.15) is 0 Å². The second-order valence-electron chi connectivity index (χ2n) is 6.07. The van der Waals surface area contributed by atoms with Crippen LogP contribution < -0.4 is 0 Å². The van der Waals surface area contributed by atoms with Crippen LogP contribution in [0.2, 0.25) is 0 Å². The Balaban J connectivity index is 1.45. The number of nitro benzene ring substituents is 1. The number of esters is 1. The molecule has 4 rings (SSSR count). The zero-order chi connectivity index (χ0) is 20.5. The Hall–Kier alpha value is -4.22. The fourth-order valence-corrected chi connectivity index (χ4v) is 2.60. The van der Waals surface area contributed by atoms with Crippen molar-refractivity contribution in [1.29, 1.82) is 0 Å². The molecule has 12 heteroatoms. The summed E-state index contributed by atoms with van der Waals surface area (Å²) in [6, 6.07) is 7.44. The van der Waals surface area contributed by atoms with Crippen LogP contribution in [0.5, 0.6) is 0 Å². The van der Waals surface area contributed by atoms with E-state index in [9.17, 15) is 14.9 Å². The molecule has 0 amide bonds. The molecule has 0 bridgehead atoms. The zero-order valence-electron chi connectivity index (χ0n) is 15.3. The summed E-state index contributed by atoms with van der Waals surface area (Å²) in [6.45, 7) is 3.36. The molecule has 0 aliphatic carbocycles. The predicted molar refractivity (Wildman–Crippen MR) is 95.8 cm³/mol. The molecular formula is C17H13N7O5. The van der Waals surface area contributed by atoms with Crippen LogP contribution in [0.15, 0.2) is 34.7 Å². The number of benzene rings is 1. The van der Waals surface area contributed by atoms with Gasteiger partial charge in [-0.05, 0) is 32.0 Å². The Morgan fingerprint density at radius 2 is 1.97 bits per heavy atom. The number of nitrogens with zero attached hydrogens (tertiary/aromatic N) is 7. The van der Waals surface area contributed by atoms with E-state index in [0.717, 1.165) is 11.4 Å². The third-order valence-corrected chi connectivity index (χ3v) is 3.92. The normalized spacial score (nSPS) is 11.0. The lowest BCUT2D eigenvalue weighted by atomic mass is 10.2. The van der Waals surface area contributed by atoms with Gasteiger partial charge in [-0.3, -0.25) is 10.1 Å². The SMILES string of the molecule is Cc1cc(C)n2nc(C(=O)OCc3nnc(-c4ccc([N+](=O)[O-])cc4)o3)nc2n1. The van der Waals surface area contributed by atoms with Crippen molar-refractivity contribution >= 4 is 17.4 Å². The van der Waals surface area contributed by atoms with E-state index in [1.165, 1.54) is 28.8 Å². The van der Waals surface area contributed by atoms with Crippen LogP contribution in [0, 0.1) is 24.0 Å². The Bertz CT molecular complexity index is 1230. The van der Waals surface area contributed by atoms with E-state index in [4.69, 9.17) is 9.15 Å². The maximum atomic E-state index is 12.2. The lowest BCUT2D eigenvalue weighted by Gasteiger charge is -1.98. The molecule has 29 heavy (non-hydrogen) atoms. The van der Waals surface area contributed by atoms with E-state index in [-0.39, 0.29) is 29.9 Å². The lowest BCUT2D eigenvalue weighted by molar-refractivity contribution is -0.384. The third-order valence-electron chi connectivity index (χ3n) is 3.92. The summed E-state index contributed by atoms with van der Waals surface area (Å²) in [4.78, 5) is 30.7. The third kappa shape index (κ3) is 3.63. The molecule has 0 fully saturated rings. The second-order valence-corrected chi connectivity index (χ2v) is 6.07. The molecule has 0 unspecified atom stereocenters. The standard InChI is InChI=1S/C17H13N7O5/c1-9-7-10(2)23-17(18-9)19-14(22-23)16(25)28-8-13-20-21-15(29-13)11-3-5-12(6-4-11)24(26)27/h3-7H,8H2,1-2H3. The highest BCUT2D eigenvalue weighted by Gasteiger charge is 2.18. The van der Waals surface area contributed by atoms with Gasteiger partial charge < -0.3 is 9.15 Å². The molecule has 4 aromatic rings. The number of carbonyl (C=O) groups is 1. The minimum atomic E-state index is -0.761. The molecule has 0 radical (unpaired) electrons. The second kappa shape index (κ2) is 7.07. The van der Waals surface area contributed by atoms with Gasteiger partial charge in [-0.15, -0.1) is 15.3 Å². The highest BCUT2D eigenvalue weighted by atomic mass is 16.6. The highest BCUT2D eigenvalue weighted by Crippen LogP contribution is 2.21. The number of fused-ring (bicyclic) bond motifs is 1. The first-order valence-corrected chi connectivity index (χ1v) is 8.36. The van der Waals surface area contributed by atoms with Crippen LogP contribution in [0.25, 0.3) is 17.2 Å². The summed E-state index contributed by atoms with van der Waals surface area (Å²) in [5.41, 5.74) is 1.98. The molecule has 0 saturated heterocycles. The molecule has 0 saturated carbocycles. The Kier molecular flexibility index (Phi) is 4.43. The average Bonchev–Trinajstić information content (AvgIpc) is 3.33. The zero-order valence-corrected chi connectivity index (χ0v) is 15.3. The first kappa shape index (κ1) is 18.2. The Morgan fingerprint density at radius 3 is 2.69 bits per heavy atom. The van der Waals surface area contributed by atoms with Gasteiger partial charge in [0.15, 0.2) is 6.61 Å². The summed E-state index contributed by atoms with van der Waals surface area (Å²) in [7, 11) is 0. The van der Waals surface area contributed by atoms with Gasteiger partial charge in [-0.2, -0.15) is 4.98 Å². The molecule has 3 heterocycles. The lowest BCUT2D eigenvalue weighted by Crippen LogP contribution is -2.08. The van der Waals surface area contributed by atoms with Gasteiger partial charge in [-0.1, -0.05) is 0 Å². The fourth-order valence-electron chi connectivity index (χ4n) is 2.60. The molecule has 0 atom stereocenters. The highest BCUT2D eigenvalue weighted by molar-refractivity contribution is 5.85. The van der Waals surface area contributed by atoms with Crippen molar-refractivity contribution in [2.24, 2.45) is 0 Å². The van der Waals surface area contributed by atoms with Gasteiger partial charge in [0.2, 0.25) is 5.89 Å². The first-order valence-electron chi connectivity index (χ1n) is 8.36. The molecule has 0 spiro atoms. The summed E-state index contributed by atoms with van der Waals surface area (Å²) < 4.78 is 12.0. The van der Waals surface area contributed by atoms with Crippen LogP contribution in [0.4, 0.5) is 5.69 Å².